The van der Waals surface area contributed by atoms with Crippen molar-refractivity contribution in [3.8, 4) is 0 Å². The van der Waals surface area contributed by atoms with Gasteiger partial charge in [0.25, 0.3) is 0 Å². The number of likely N-dealkylation sites (tertiary alicyclic amines) is 1. The predicted molar refractivity (Wildman–Crippen MR) is 106 cm³/mol. The number of rotatable bonds is 5. The second kappa shape index (κ2) is 7.64. The zero-order chi connectivity index (χ0) is 19.7. The smallest absolute Gasteiger partial charge is 0.226 e. The van der Waals surface area contributed by atoms with E-state index in [4.69, 9.17) is 16.0 Å². The number of carbonyl (C=O) groups excluding carboxylic acids is 2. The van der Waals surface area contributed by atoms with Crippen LogP contribution in [0.2, 0.25) is 5.02 Å². The number of furan rings is 1. The molecule has 0 radical (unpaired) electrons. The molecule has 0 bridgehead atoms. The van der Waals surface area contributed by atoms with E-state index in [1.807, 2.05) is 37.3 Å². The van der Waals surface area contributed by atoms with E-state index in [9.17, 15) is 9.59 Å². The van der Waals surface area contributed by atoms with Gasteiger partial charge in [-0.15, -0.1) is 0 Å². The van der Waals surface area contributed by atoms with Crippen LogP contribution in [0, 0.1) is 5.92 Å². The van der Waals surface area contributed by atoms with Crippen molar-refractivity contribution in [2.75, 3.05) is 6.54 Å². The van der Waals surface area contributed by atoms with Crippen LogP contribution in [0.25, 0.3) is 11.0 Å². The summed E-state index contributed by atoms with van der Waals surface area (Å²) in [6.45, 7) is 2.67. The number of hydrogen-bond acceptors (Lipinski definition) is 4. The van der Waals surface area contributed by atoms with E-state index in [1.54, 1.807) is 23.2 Å². The molecule has 1 fully saturated rings. The van der Waals surface area contributed by atoms with Crippen molar-refractivity contribution in [2.24, 2.45) is 5.92 Å². The Bertz CT molecular complexity index is 1020. The van der Waals surface area contributed by atoms with Crippen LogP contribution in [0.4, 0.5) is 0 Å². The van der Waals surface area contributed by atoms with Gasteiger partial charge < -0.3 is 14.6 Å². The minimum absolute atomic E-state index is 0.0307. The topological polar surface area (TPSA) is 75.4 Å². The van der Waals surface area contributed by atoms with Gasteiger partial charge in [0.05, 0.1) is 24.2 Å². The minimum atomic E-state index is -0.377. The molecule has 0 unspecified atom stereocenters. The highest BCUT2D eigenvalue weighted by Gasteiger charge is 2.35. The molecule has 1 aliphatic rings. The second-order valence-electron chi connectivity index (χ2n) is 7.06. The van der Waals surface area contributed by atoms with Gasteiger partial charge in [-0.05, 0) is 43.3 Å². The predicted octanol–water partition coefficient (Wildman–Crippen LogP) is 3.71. The third-order valence-corrected chi connectivity index (χ3v) is 5.18. The summed E-state index contributed by atoms with van der Waals surface area (Å²) in [5, 5.41) is 4.48. The summed E-state index contributed by atoms with van der Waals surface area (Å²) in [6.07, 6.45) is 1.91. The number of aromatic nitrogens is 1. The zero-order valence-corrected chi connectivity index (χ0v) is 16.1. The summed E-state index contributed by atoms with van der Waals surface area (Å²) in [5.74, 6) is 0.0949. The molecule has 6 nitrogen and oxygen atoms in total. The molecule has 2 amide bonds. The molecule has 3 heterocycles. The van der Waals surface area contributed by atoms with Gasteiger partial charge in [-0.2, -0.15) is 0 Å². The summed E-state index contributed by atoms with van der Waals surface area (Å²) in [6, 6.07) is 12.5. The molecule has 28 heavy (non-hydrogen) atoms. The summed E-state index contributed by atoms with van der Waals surface area (Å²) < 4.78 is 5.81. The number of hydrogen-bond donors (Lipinski definition) is 1. The molecular weight excluding hydrogens is 378 g/mol. The van der Waals surface area contributed by atoms with Crippen molar-refractivity contribution in [3.05, 3.63) is 65.1 Å². The minimum Gasteiger partial charge on any atom is -0.459 e. The van der Waals surface area contributed by atoms with Crippen molar-refractivity contribution in [3.63, 3.8) is 0 Å². The Morgan fingerprint density at radius 3 is 3.00 bits per heavy atom. The van der Waals surface area contributed by atoms with E-state index in [2.05, 4.69) is 10.3 Å². The van der Waals surface area contributed by atoms with Gasteiger partial charge in [0.1, 0.15) is 11.3 Å². The molecule has 4 rings (SSSR count). The van der Waals surface area contributed by atoms with Crippen molar-refractivity contribution in [1.82, 2.24) is 15.2 Å². The van der Waals surface area contributed by atoms with E-state index in [0.29, 0.717) is 23.9 Å². The van der Waals surface area contributed by atoms with Gasteiger partial charge in [-0.25, -0.2) is 0 Å². The number of nitrogens with one attached hydrogen (secondary N) is 1. The van der Waals surface area contributed by atoms with E-state index in [1.165, 1.54) is 0 Å². The summed E-state index contributed by atoms with van der Waals surface area (Å²) in [7, 11) is 0. The fourth-order valence-corrected chi connectivity index (χ4v) is 3.62. The second-order valence-corrected chi connectivity index (χ2v) is 7.49. The lowest BCUT2D eigenvalue weighted by atomic mass is 10.1. The molecule has 1 aliphatic heterocycles. The van der Waals surface area contributed by atoms with Crippen LogP contribution in [-0.2, 0) is 16.1 Å². The number of pyridine rings is 1. The molecule has 2 atom stereocenters. The lowest BCUT2D eigenvalue weighted by Crippen LogP contribution is -2.34. The van der Waals surface area contributed by atoms with E-state index < -0.39 is 0 Å². The lowest BCUT2D eigenvalue weighted by molar-refractivity contribution is -0.129. The van der Waals surface area contributed by atoms with E-state index >= 15 is 0 Å². The highest BCUT2D eigenvalue weighted by molar-refractivity contribution is 6.31. The molecule has 3 aromatic rings. The first-order valence-corrected chi connectivity index (χ1v) is 9.54. The molecule has 144 valence electrons. The van der Waals surface area contributed by atoms with E-state index in [-0.39, 0.29) is 30.2 Å². The standard InChI is InChI=1S/C21H20ClN3O3/c1-13(19-9-14-8-16(22)5-6-18(14)28-19)24-21(27)15-10-20(26)25(11-15)12-17-4-2-3-7-23-17/h2-9,13,15H,10-12H2,1H3,(H,24,27)/t13-,15-/m1/s1. The van der Waals surface area contributed by atoms with Gasteiger partial charge in [-0.1, -0.05) is 17.7 Å². The van der Waals surface area contributed by atoms with Gasteiger partial charge in [-0.3, -0.25) is 14.6 Å². The van der Waals surface area contributed by atoms with Crippen molar-refractivity contribution in [2.45, 2.75) is 25.9 Å². The Labute approximate surface area is 167 Å². The largest absolute Gasteiger partial charge is 0.459 e. The first-order chi connectivity index (χ1) is 13.5. The third-order valence-electron chi connectivity index (χ3n) is 4.95. The first kappa shape index (κ1) is 18.5. The molecule has 7 heteroatoms. The highest BCUT2D eigenvalue weighted by atomic mass is 35.5. The molecule has 0 aliphatic carbocycles. The molecule has 1 aromatic carbocycles. The monoisotopic (exact) mass is 397 g/mol. The number of carbonyl (C=O) groups is 2. The molecule has 0 saturated carbocycles. The van der Waals surface area contributed by atoms with Crippen LogP contribution in [0.3, 0.4) is 0 Å². The Kier molecular flexibility index (Phi) is 5.05. The average molecular weight is 398 g/mol. The quantitative estimate of drug-likeness (QED) is 0.712. The summed E-state index contributed by atoms with van der Waals surface area (Å²) in [4.78, 5) is 30.9. The number of amides is 2. The van der Waals surface area contributed by atoms with Gasteiger partial charge in [0.2, 0.25) is 11.8 Å². The van der Waals surface area contributed by atoms with Gasteiger partial charge in [0, 0.05) is 29.6 Å². The van der Waals surface area contributed by atoms with Gasteiger partial charge >= 0.3 is 0 Å². The number of fused-ring (bicyclic) bond motifs is 1. The van der Waals surface area contributed by atoms with Crippen LogP contribution in [0.5, 0.6) is 0 Å². The number of nitrogens with zero attached hydrogens (tertiary/aromatic N) is 2. The Morgan fingerprint density at radius 2 is 2.21 bits per heavy atom. The zero-order valence-electron chi connectivity index (χ0n) is 15.4. The van der Waals surface area contributed by atoms with Crippen molar-refractivity contribution >= 4 is 34.4 Å². The molecule has 0 spiro atoms. The fourth-order valence-electron chi connectivity index (χ4n) is 3.44. The molecular formula is C21H20ClN3O3. The summed E-state index contributed by atoms with van der Waals surface area (Å²) >= 11 is 6.01. The normalized spacial score (nSPS) is 17.9. The van der Waals surface area contributed by atoms with Crippen LogP contribution < -0.4 is 5.32 Å². The maximum atomic E-state index is 12.7. The molecule has 1 saturated heterocycles. The average Bonchev–Trinajstić information content (AvgIpc) is 3.26. The van der Waals surface area contributed by atoms with E-state index in [0.717, 1.165) is 16.7 Å². The maximum Gasteiger partial charge on any atom is 0.226 e. The maximum absolute atomic E-state index is 12.7. The van der Waals surface area contributed by atoms with Crippen LogP contribution in [0.15, 0.2) is 53.1 Å². The van der Waals surface area contributed by atoms with Crippen LogP contribution in [-0.4, -0.2) is 28.2 Å². The fraction of sp³-hybridized carbons (Fsp3) is 0.286. The Morgan fingerprint density at radius 1 is 1.36 bits per heavy atom. The summed E-state index contributed by atoms with van der Waals surface area (Å²) in [5.41, 5.74) is 1.53. The molecule has 1 N–H and O–H groups in total. The van der Waals surface area contributed by atoms with Crippen molar-refractivity contribution in [1.29, 1.82) is 0 Å². The lowest BCUT2D eigenvalue weighted by Gasteiger charge is -2.17. The highest BCUT2D eigenvalue weighted by Crippen LogP contribution is 2.27. The SMILES string of the molecule is C[C@@H](NC(=O)[C@@H]1CC(=O)N(Cc2ccccn2)C1)c1cc2cc(Cl)ccc2o1. The van der Waals surface area contributed by atoms with Crippen LogP contribution in [0.1, 0.15) is 30.8 Å². The number of halogens is 1. The Balaban J connectivity index is 1.39. The Hall–Kier alpha value is -2.86. The van der Waals surface area contributed by atoms with Crippen molar-refractivity contribution < 1.29 is 14.0 Å². The van der Waals surface area contributed by atoms with Crippen LogP contribution >= 0.6 is 11.6 Å². The van der Waals surface area contributed by atoms with Gasteiger partial charge in [0.15, 0.2) is 0 Å². The number of benzene rings is 1. The third kappa shape index (κ3) is 3.87. The molecule has 2 aromatic heterocycles. The first-order valence-electron chi connectivity index (χ1n) is 9.16.